The third kappa shape index (κ3) is 18.0. The van der Waals surface area contributed by atoms with Crippen LogP contribution in [-0.4, -0.2) is 64.8 Å². The normalized spacial score (nSPS) is 10.1. The first kappa shape index (κ1) is 50.9. The first-order valence-corrected chi connectivity index (χ1v) is 22.6. The molecule has 6 aromatic carbocycles. The minimum atomic E-state index is -0.469. The Hall–Kier alpha value is -8.46. The van der Waals surface area contributed by atoms with E-state index in [-0.39, 0.29) is 13.2 Å². The zero-order valence-electron chi connectivity index (χ0n) is 39.4. The van der Waals surface area contributed by atoms with Gasteiger partial charge in [-0.2, -0.15) is 0 Å². The summed E-state index contributed by atoms with van der Waals surface area (Å²) >= 11 is 0. The second-order valence-corrected chi connectivity index (χ2v) is 15.4. The molecule has 10 heteroatoms. The van der Waals surface area contributed by atoms with E-state index in [0.29, 0.717) is 64.4 Å². The maximum atomic E-state index is 11.0. The lowest BCUT2D eigenvalue weighted by Gasteiger charge is -2.10. The summed E-state index contributed by atoms with van der Waals surface area (Å²) in [6.07, 6.45) is 2.24. The zero-order chi connectivity index (χ0) is 49.2. The smallest absolute Gasteiger partial charge is 0.330 e. The molecule has 0 atom stereocenters. The van der Waals surface area contributed by atoms with Gasteiger partial charge < -0.3 is 37.9 Å². The highest BCUT2D eigenvalue weighted by Crippen LogP contribution is 2.22. The predicted molar refractivity (Wildman–Crippen MR) is 270 cm³/mol. The number of esters is 2. The largest absolute Gasteiger partial charge is 0.491 e. The number of rotatable bonds is 22. The highest BCUT2D eigenvalue weighted by Gasteiger charge is 2.05. The molecule has 354 valence electrons. The average Bonchev–Trinajstić information content (AvgIpc) is 3.39. The van der Waals surface area contributed by atoms with Crippen molar-refractivity contribution in [2.24, 2.45) is 0 Å². The molecule has 0 aliphatic heterocycles. The number of benzene rings is 6. The molecule has 0 fully saturated rings. The molecule has 0 spiro atoms. The topological polar surface area (TPSA) is 108 Å². The van der Waals surface area contributed by atoms with Crippen molar-refractivity contribution in [3.63, 3.8) is 0 Å². The molecule has 0 saturated heterocycles. The molecule has 0 radical (unpaired) electrons. The van der Waals surface area contributed by atoms with Crippen LogP contribution in [0.2, 0.25) is 0 Å². The van der Waals surface area contributed by atoms with Crippen LogP contribution in [0.3, 0.4) is 0 Å². The van der Waals surface area contributed by atoms with E-state index in [9.17, 15) is 9.59 Å². The molecule has 0 aliphatic rings. The van der Waals surface area contributed by atoms with Gasteiger partial charge in [0.1, 0.15) is 62.6 Å². The van der Waals surface area contributed by atoms with Gasteiger partial charge in [-0.15, -0.1) is 0 Å². The number of aryl methyl sites for hydroxylation is 2. The Morgan fingerprint density at radius 3 is 1.06 bits per heavy atom. The van der Waals surface area contributed by atoms with Gasteiger partial charge in [0.2, 0.25) is 0 Å². The summed E-state index contributed by atoms with van der Waals surface area (Å²) in [6, 6.07) is 43.1. The first-order valence-electron chi connectivity index (χ1n) is 22.6. The highest BCUT2D eigenvalue weighted by atomic mass is 16.6. The Morgan fingerprint density at radius 2 is 0.714 bits per heavy atom. The minimum Gasteiger partial charge on any atom is -0.491 e. The lowest BCUT2D eigenvalue weighted by Crippen LogP contribution is -2.12. The van der Waals surface area contributed by atoms with E-state index in [0.717, 1.165) is 79.3 Å². The van der Waals surface area contributed by atoms with Crippen molar-refractivity contribution in [3.05, 3.63) is 214 Å². The molecule has 0 amide bonds. The lowest BCUT2D eigenvalue weighted by molar-refractivity contribution is -0.140. The molecule has 6 rings (SSSR count). The van der Waals surface area contributed by atoms with Crippen LogP contribution in [0.25, 0.3) is 0 Å². The molecule has 0 N–H and O–H groups in total. The fraction of sp³-hybridized carbons (Fsp3) is 0.200. The fourth-order valence-electron chi connectivity index (χ4n) is 6.33. The van der Waals surface area contributed by atoms with E-state index in [1.165, 1.54) is 0 Å². The van der Waals surface area contributed by atoms with Crippen LogP contribution in [0.5, 0.6) is 23.0 Å². The van der Waals surface area contributed by atoms with Crippen molar-refractivity contribution < 1.29 is 47.5 Å². The van der Waals surface area contributed by atoms with E-state index in [1.807, 2.05) is 147 Å². The number of hydrogen-bond donors (Lipinski definition) is 0. The summed E-state index contributed by atoms with van der Waals surface area (Å²) in [4.78, 5) is 22.1. The molecular formula is C60H54O10. The van der Waals surface area contributed by atoms with Crippen molar-refractivity contribution in [2.75, 3.05) is 52.9 Å². The molecule has 0 heterocycles. The van der Waals surface area contributed by atoms with Crippen molar-refractivity contribution >= 4 is 11.9 Å². The third-order valence-corrected chi connectivity index (χ3v) is 10.1. The summed E-state index contributed by atoms with van der Waals surface area (Å²) in [5.74, 6) is 21.5. The molecule has 70 heavy (non-hydrogen) atoms. The Kier molecular flexibility index (Phi) is 20.4. The Bertz CT molecular complexity index is 2670. The number of carbonyl (C=O) groups excluding carboxylic acids is 2. The maximum absolute atomic E-state index is 11.0. The van der Waals surface area contributed by atoms with E-state index in [2.05, 4.69) is 48.7 Å². The first-order chi connectivity index (χ1) is 34.2. The van der Waals surface area contributed by atoms with Crippen molar-refractivity contribution in [3.8, 4) is 58.5 Å². The number of carbonyl (C=O) groups is 2. The van der Waals surface area contributed by atoms with Gasteiger partial charge in [0.15, 0.2) is 0 Å². The predicted octanol–water partition coefficient (Wildman–Crippen LogP) is 9.91. The fourth-order valence-corrected chi connectivity index (χ4v) is 6.33. The Balaban J connectivity index is 0.881. The molecule has 0 aliphatic carbocycles. The van der Waals surface area contributed by atoms with Crippen LogP contribution >= 0.6 is 0 Å². The van der Waals surface area contributed by atoms with Gasteiger partial charge in [0.25, 0.3) is 0 Å². The summed E-state index contributed by atoms with van der Waals surface area (Å²) < 4.78 is 44.3. The summed E-state index contributed by atoms with van der Waals surface area (Å²) in [5, 5.41) is 0. The summed E-state index contributed by atoms with van der Waals surface area (Å²) in [6.45, 7) is 14.0. The van der Waals surface area contributed by atoms with Crippen molar-refractivity contribution in [2.45, 2.75) is 27.1 Å². The molecular weight excluding hydrogens is 881 g/mol. The summed E-state index contributed by atoms with van der Waals surface area (Å²) in [5.41, 5.74) is 9.44. The second-order valence-electron chi connectivity index (χ2n) is 15.4. The number of hydrogen-bond acceptors (Lipinski definition) is 10. The van der Waals surface area contributed by atoms with Gasteiger partial charge in [-0.25, -0.2) is 9.59 Å². The minimum absolute atomic E-state index is 0.175. The second kappa shape index (κ2) is 28.0. The molecule has 0 unspecified atom stereocenters. The Morgan fingerprint density at radius 1 is 0.400 bits per heavy atom. The van der Waals surface area contributed by atoms with Crippen LogP contribution in [0.4, 0.5) is 0 Å². The zero-order valence-corrected chi connectivity index (χ0v) is 39.4. The lowest BCUT2D eigenvalue weighted by atomic mass is 10.1. The van der Waals surface area contributed by atoms with Gasteiger partial charge in [-0.1, -0.05) is 72.9 Å². The highest BCUT2D eigenvalue weighted by molar-refractivity contribution is 5.81. The van der Waals surface area contributed by atoms with E-state index in [4.69, 9.17) is 37.9 Å². The third-order valence-electron chi connectivity index (χ3n) is 10.1. The van der Waals surface area contributed by atoms with E-state index < -0.39 is 11.9 Å². The average molecular weight is 935 g/mol. The quantitative estimate of drug-likeness (QED) is 0.0283. The van der Waals surface area contributed by atoms with Gasteiger partial charge in [-0.05, 0) is 145 Å². The van der Waals surface area contributed by atoms with Crippen molar-refractivity contribution in [1.82, 2.24) is 0 Å². The van der Waals surface area contributed by atoms with Gasteiger partial charge >= 0.3 is 11.9 Å². The molecule has 6 aromatic rings. The van der Waals surface area contributed by atoms with Gasteiger partial charge in [-0.3, -0.25) is 0 Å². The monoisotopic (exact) mass is 934 g/mol. The summed E-state index contributed by atoms with van der Waals surface area (Å²) in [7, 11) is 0. The van der Waals surface area contributed by atoms with Gasteiger partial charge in [0, 0.05) is 45.5 Å². The van der Waals surface area contributed by atoms with Crippen LogP contribution in [-0.2, 0) is 41.8 Å². The molecule has 0 saturated carbocycles. The van der Waals surface area contributed by atoms with Crippen LogP contribution < -0.4 is 18.9 Å². The van der Waals surface area contributed by atoms with Crippen LogP contribution in [0.1, 0.15) is 55.6 Å². The van der Waals surface area contributed by atoms with Crippen LogP contribution in [0.15, 0.2) is 159 Å². The Labute approximate surface area is 410 Å². The molecule has 0 bridgehead atoms. The van der Waals surface area contributed by atoms with Gasteiger partial charge in [0.05, 0.1) is 26.4 Å². The van der Waals surface area contributed by atoms with Crippen LogP contribution in [0, 0.1) is 49.4 Å². The number of ether oxygens (including phenoxy) is 8. The standard InChI is InChI=1S/C60H54O10/c1-5-59(61)67-39-35-63-33-37-65-55-27-21-49(22-28-55)9-15-51-25-31-57(45(3)41-51)69-43-53-17-11-47(12-18-53)7-8-48-13-19-54(20-14-48)44-70-58-32-26-52(42-46(58)4)16-10-50-23-29-56(30-24-50)66-38-34-64-36-40-68-60(62)6-2/h5-6,11-14,17-32,41-42H,1-2,33-40,43-44H2,3-4H3. The maximum Gasteiger partial charge on any atom is 0.330 e. The molecule has 0 aromatic heterocycles. The van der Waals surface area contributed by atoms with Crippen molar-refractivity contribution in [1.29, 1.82) is 0 Å². The molecule has 10 nitrogen and oxygen atoms in total. The van der Waals surface area contributed by atoms with E-state index in [1.54, 1.807) is 0 Å². The SMILES string of the molecule is C=CC(=O)OCCOCCOc1ccc(C#Cc2ccc(OCc3ccc(C#Cc4ccc(COc5ccc(C#Cc6ccc(OCCOCCOC(=O)C=C)cc6)cc5C)cc4)cc3)c(C)c2)cc1. The van der Waals surface area contributed by atoms with E-state index >= 15 is 0 Å².